The summed E-state index contributed by atoms with van der Waals surface area (Å²) in [6, 6.07) is -0.0601. The van der Waals surface area contributed by atoms with Crippen LogP contribution in [0.15, 0.2) is 0 Å². The van der Waals surface area contributed by atoms with E-state index in [-0.39, 0.29) is 23.9 Å². The summed E-state index contributed by atoms with van der Waals surface area (Å²) >= 11 is 1.64. The monoisotopic (exact) mass is 257 g/mol. The van der Waals surface area contributed by atoms with E-state index in [1.54, 1.807) is 16.7 Å². The van der Waals surface area contributed by atoms with Crippen molar-refractivity contribution in [3.05, 3.63) is 0 Å². The molecule has 0 spiro atoms. The van der Waals surface area contributed by atoms with Crippen LogP contribution < -0.4 is 10.6 Å². The van der Waals surface area contributed by atoms with E-state index >= 15 is 0 Å². The fourth-order valence-electron chi connectivity index (χ4n) is 2.24. The first-order chi connectivity index (χ1) is 8.18. The minimum atomic E-state index is -0.278. The lowest BCUT2D eigenvalue weighted by atomic mass is 10.1. The molecule has 2 aliphatic heterocycles. The van der Waals surface area contributed by atoms with Gasteiger partial charge in [0.2, 0.25) is 11.8 Å². The van der Waals surface area contributed by atoms with E-state index in [1.807, 2.05) is 0 Å². The van der Waals surface area contributed by atoms with Crippen LogP contribution in [0.1, 0.15) is 19.8 Å². The van der Waals surface area contributed by atoms with E-state index in [4.69, 9.17) is 0 Å². The highest BCUT2D eigenvalue weighted by Gasteiger charge is 2.33. The topological polar surface area (TPSA) is 61.4 Å². The summed E-state index contributed by atoms with van der Waals surface area (Å²) in [6.45, 7) is 3.39. The van der Waals surface area contributed by atoms with Crippen LogP contribution in [0.5, 0.6) is 0 Å². The van der Waals surface area contributed by atoms with Crippen LogP contribution in [0.4, 0.5) is 0 Å². The standard InChI is InChI=1S/C11H19N3O2S/c1-8(15)14-7-17-6-10(14)11(16)13-9-3-2-4-12-5-9/h9-10,12H,2-7H2,1H3,(H,13,16)/t9-,10?/m0/s1. The van der Waals surface area contributed by atoms with Gasteiger partial charge in [-0.3, -0.25) is 9.59 Å². The predicted molar refractivity (Wildman–Crippen MR) is 67.7 cm³/mol. The number of carbonyl (C=O) groups excluding carboxylic acids is 2. The molecule has 2 amide bonds. The second-order valence-electron chi connectivity index (χ2n) is 4.56. The predicted octanol–water partition coefficient (Wildman–Crippen LogP) is -0.224. The van der Waals surface area contributed by atoms with Crippen LogP contribution in [-0.2, 0) is 9.59 Å². The van der Waals surface area contributed by atoms with Crippen LogP contribution in [0.25, 0.3) is 0 Å². The second kappa shape index (κ2) is 5.73. The number of hydrogen-bond donors (Lipinski definition) is 2. The van der Waals surface area contributed by atoms with Crippen LogP contribution in [0, 0.1) is 0 Å². The molecule has 2 heterocycles. The summed E-state index contributed by atoms with van der Waals surface area (Å²) in [7, 11) is 0. The largest absolute Gasteiger partial charge is 0.350 e. The molecule has 0 aromatic rings. The van der Waals surface area contributed by atoms with Crippen LogP contribution in [-0.4, -0.2) is 53.5 Å². The first-order valence-corrected chi connectivity index (χ1v) is 7.20. The van der Waals surface area contributed by atoms with E-state index in [0.29, 0.717) is 11.6 Å². The molecule has 2 fully saturated rings. The fourth-order valence-corrected chi connectivity index (χ4v) is 3.46. The SMILES string of the molecule is CC(=O)N1CSCC1C(=O)N[C@H]1CCCNC1. The molecule has 0 bridgehead atoms. The lowest BCUT2D eigenvalue weighted by molar-refractivity contribution is -0.136. The highest BCUT2D eigenvalue weighted by atomic mass is 32.2. The molecule has 2 saturated heterocycles. The maximum absolute atomic E-state index is 12.1. The Bertz CT molecular complexity index is 305. The van der Waals surface area contributed by atoms with Gasteiger partial charge in [0.1, 0.15) is 6.04 Å². The van der Waals surface area contributed by atoms with Crippen molar-refractivity contribution in [2.24, 2.45) is 0 Å². The zero-order chi connectivity index (χ0) is 12.3. The number of piperidine rings is 1. The Hall–Kier alpha value is -0.750. The van der Waals surface area contributed by atoms with Crippen molar-refractivity contribution in [3.63, 3.8) is 0 Å². The van der Waals surface area contributed by atoms with Crippen molar-refractivity contribution < 1.29 is 9.59 Å². The summed E-state index contributed by atoms with van der Waals surface area (Å²) < 4.78 is 0. The summed E-state index contributed by atoms with van der Waals surface area (Å²) in [5.41, 5.74) is 0. The number of thioether (sulfide) groups is 1. The lowest BCUT2D eigenvalue weighted by Gasteiger charge is -2.27. The zero-order valence-corrected chi connectivity index (χ0v) is 10.9. The van der Waals surface area contributed by atoms with Crippen LogP contribution in [0.3, 0.4) is 0 Å². The summed E-state index contributed by atoms with van der Waals surface area (Å²) in [5, 5.41) is 6.30. The van der Waals surface area contributed by atoms with Crippen LogP contribution in [0.2, 0.25) is 0 Å². The molecule has 2 N–H and O–H groups in total. The van der Waals surface area contributed by atoms with Crippen molar-refractivity contribution in [2.45, 2.75) is 31.8 Å². The molecular weight excluding hydrogens is 238 g/mol. The first kappa shape index (κ1) is 12.7. The number of rotatable bonds is 2. The lowest BCUT2D eigenvalue weighted by Crippen LogP contribution is -2.53. The van der Waals surface area contributed by atoms with Gasteiger partial charge >= 0.3 is 0 Å². The Balaban J connectivity index is 1.88. The third-order valence-electron chi connectivity index (χ3n) is 3.23. The van der Waals surface area contributed by atoms with Gasteiger partial charge in [-0.25, -0.2) is 0 Å². The second-order valence-corrected chi connectivity index (χ2v) is 5.56. The van der Waals surface area contributed by atoms with E-state index in [1.165, 1.54) is 6.92 Å². The van der Waals surface area contributed by atoms with Gasteiger partial charge in [0.05, 0.1) is 5.88 Å². The normalized spacial score (nSPS) is 29.1. The molecule has 0 aromatic carbocycles. The Kier molecular flexibility index (Phi) is 4.28. The molecule has 0 radical (unpaired) electrons. The van der Waals surface area contributed by atoms with Crippen LogP contribution >= 0.6 is 11.8 Å². The molecule has 17 heavy (non-hydrogen) atoms. The third kappa shape index (κ3) is 3.13. The van der Waals surface area contributed by atoms with Crippen molar-refractivity contribution in [2.75, 3.05) is 24.7 Å². The molecule has 2 rings (SSSR count). The summed E-state index contributed by atoms with van der Waals surface area (Å²) in [5.74, 6) is 1.33. The average Bonchev–Trinajstić information content (AvgIpc) is 2.79. The molecule has 6 heteroatoms. The average molecular weight is 257 g/mol. The van der Waals surface area contributed by atoms with Gasteiger partial charge in [0.15, 0.2) is 0 Å². The summed E-state index contributed by atoms with van der Waals surface area (Å²) in [6.07, 6.45) is 2.12. The van der Waals surface area contributed by atoms with Gasteiger partial charge in [0.25, 0.3) is 0 Å². The van der Waals surface area contributed by atoms with Gasteiger partial charge in [-0.1, -0.05) is 0 Å². The van der Waals surface area contributed by atoms with Gasteiger partial charge in [-0.2, -0.15) is 0 Å². The van der Waals surface area contributed by atoms with Gasteiger partial charge in [-0.15, -0.1) is 11.8 Å². The molecule has 0 aliphatic carbocycles. The number of amides is 2. The maximum Gasteiger partial charge on any atom is 0.243 e. The quantitative estimate of drug-likeness (QED) is 0.718. The van der Waals surface area contributed by atoms with Gasteiger partial charge in [-0.05, 0) is 19.4 Å². The molecule has 96 valence electrons. The van der Waals surface area contributed by atoms with Crippen molar-refractivity contribution in [3.8, 4) is 0 Å². The Morgan fingerprint density at radius 2 is 2.29 bits per heavy atom. The number of hydrogen-bond acceptors (Lipinski definition) is 4. The number of nitrogens with one attached hydrogen (secondary N) is 2. The van der Waals surface area contributed by atoms with Gasteiger partial charge in [0, 0.05) is 25.3 Å². The molecule has 2 atom stereocenters. The zero-order valence-electron chi connectivity index (χ0n) is 10.1. The number of nitrogens with zero attached hydrogens (tertiary/aromatic N) is 1. The Morgan fingerprint density at radius 3 is 2.94 bits per heavy atom. The molecule has 0 saturated carbocycles. The Morgan fingerprint density at radius 1 is 1.47 bits per heavy atom. The number of carbonyl (C=O) groups is 2. The maximum atomic E-state index is 12.1. The molecule has 1 unspecified atom stereocenters. The van der Waals surface area contributed by atoms with Crippen molar-refractivity contribution in [1.29, 1.82) is 0 Å². The summed E-state index contributed by atoms with van der Waals surface area (Å²) in [4.78, 5) is 25.1. The highest BCUT2D eigenvalue weighted by molar-refractivity contribution is 7.99. The van der Waals surface area contributed by atoms with Gasteiger partial charge < -0.3 is 15.5 Å². The Labute approximate surface area is 106 Å². The third-order valence-corrected chi connectivity index (χ3v) is 4.24. The van der Waals surface area contributed by atoms with E-state index < -0.39 is 0 Å². The van der Waals surface area contributed by atoms with Crippen molar-refractivity contribution >= 4 is 23.6 Å². The minimum Gasteiger partial charge on any atom is -0.350 e. The smallest absolute Gasteiger partial charge is 0.243 e. The molecule has 0 aromatic heterocycles. The molecule has 2 aliphatic rings. The van der Waals surface area contributed by atoms with E-state index in [2.05, 4.69) is 10.6 Å². The molecule has 5 nitrogen and oxygen atoms in total. The van der Waals surface area contributed by atoms with Crippen molar-refractivity contribution in [1.82, 2.24) is 15.5 Å². The fraction of sp³-hybridized carbons (Fsp3) is 0.818. The van der Waals surface area contributed by atoms with E-state index in [9.17, 15) is 9.59 Å². The molecular formula is C11H19N3O2S. The highest BCUT2D eigenvalue weighted by Crippen LogP contribution is 2.21. The first-order valence-electron chi connectivity index (χ1n) is 6.04. The van der Waals surface area contributed by atoms with E-state index in [0.717, 1.165) is 25.9 Å². The minimum absolute atomic E-state index is 0.00102.